The molecule has 82 valence electrons. The van der Waals surface area contributed by atoms with Crippen LogP contribution in [0.25, 0.3) is 0 Å². The zero-order valence-corrected chi connectivity index (χ0v) is 10.8. The highest BCUT2D eigenvalue weighted by molar-refractivity contribution is 14.1. The number of nitrogens with zero attached hydrogens (tertiary/aromatic N) is 2. The van der Waals surface area contributed by atoms with Crippen molar-refractivity contribution in [1.29, 1.82) is 0 Å². The first kappa shape index (κ1) is 10.9. The van der Waals surface area contributed by atoms with Crippen LogP contribution in [0.3, 0.4) is 0 Å². The van der Waals surface area contributed by atoms with E-state index in [0.29, 0.717) is 12.3 Å². The molecule has 0 aliphatic carbocycles. The van der Waals surface area contributed by atoms with Gasteiger partial charge in [0, 0.05) is 13.0 Å². The molecule has 0 radical (unpaired) electrons. The first-order valence-corrected chi connectivity index (χ1v) is 6.24. The quantitative estimate of drug-likeness (QED) is 0.618. The molecule has 0 amide bonds. The van der Waals surface area contributed by atoms with Crippen molar-refractivity contribution in [1.82, 2.24) is 9.55 Å². The maximum absolute atomic E-state index is 11.6. The molecule has 0 bridgehead atoms. The van der Waals surface area contributed by atoms with E-state index in [1.807, 2.05) is 0 Å². The van der Waals surface area contributed by atoms with Crippen LogP contribution in [0.5, 0.6) is 0 Å². The Morgan fingerprint density at radius 1 is 1.60 bits per heavy atom. The highest BCUT2D eigenvalue weighted by Crippen LogP contribution is 2.21. The minimum Gasteiger partial charge on any atom is -0.461 e. The summed E-state index contributed by atoms with van der Waals surface area (Å²) in [6.45, 7) is 3.18. The molecule has 4 nitrogen and oxygen atoms in total. The molecule has 0 spiro atoms. The zero-order chi connectivity index (χ0) is 10.8. The average Bonchev–Trinajstić information content (AvgIpc) is 2.57. The molecule has 0 aromatic carbocycles. The van der Waals surface area contributed by atoms with E-state index in [1.165, 1.54) is 6.42 Å². The Labute approximate surface area is 102 Å². The van der Waals surface area contributed by atoms with E-state index in [-0.39, 0.29) is 5.97 Å². The molecule has 1 aliphatic rings. The lowest BCUT2D eigenvalue weighted by molar-refractivity contribution is 0.0518. The van der Waals surface area contributed by atoms with Crippen LogP contribution in [0.4, 0.5) is 0 Å². The molecule has 5 heteroatoms. The van der Waals surface area contributed by atoms with Gasteiger partial charge in [-0.3, -0.25) is 0 Å². The first-order chi connectivity index (χ1) is 7.24. The number of aryl methyl sites for hydroxylation is 1. The number of hydrogen-bond donors (Lipinski definition) is 0. The number of halogens is 1. The van der Waals surface area contributed by atoms with Gasteiger partial charge < -0.3 is 9.30 Å². The first-order valence-electron chi connectivity index (χ1n) is 5.16. The third-order valence-electron chi connectivity index (χ3n) is 2.49. The topological polar surface area (TPSA) is 44.1 Å². The Kier molecular flexibility index (Phi) is 3.28. The summed E-state index contributed by atoms with van der Waals surface area (Å²) in [6.07, 6.45) is 3.30. The van der Waals surface area contributed by atoms with Gasteiger partial charge in [-0.25, -0.2) is 9.78 Å². The van der Waals surface area contributed by atoms with Crippen LogP contribution in [0.2, 0.25) is 0 Å². The summed E-state index contributed by atoms with van der Waals surface area (Å²) < 4.78 is 8.01. The number of carbonyl (C=O) groups excluding carboxylic acids is 1. The minimum atomic E-state index is -0.302. The number of ether oxygens (including phenoxy) is 1. The Balaban J connectivity index is 2.32. The Bertz CT molecular complexity index is 387. The van der Waals surface area contributed by atoms with Crippen molar-refractivity contribution in [2.45, 2.75) is 32.7 Å². The molecule has 0 N–H and O–H groups in total. The lowest BCUT2D eigenvalue weighted by Gasteiger charge is -2.13. The summed E-state index contributed by atoms with van der Waals surface area (Å²) in [5.74, 6) is 0.720. The number of esters is 1. The largest absolute Gasteiger partial charge is 0.461 e. The lowest BCUT2D eigenvalue weighted by Crippen LogP contribution is -2.12. The van der Waals surface area contributed by atoms with Crippen LogP contribution in [0.15, 0.2) is 0 Å². The van der Waals surface area contributed by atoms with E-state index in [4.69, 9.17) is 4.74 Å². The fraction of sp³-hybridized carbons (Fsp3) is 0.600. The highest BCUT2D eigenvalue weighted by atomic mass is 127. The summed E-state index contributed by atoms with van der Waals surface area (Å²) >= 11 is 2.17. The van der Waals surface area contributed by atoms with Crippen LogP contribution in [-0.2, 0) is 17.7 Å². The van der Waals surface area contributed by atoms with Crippen LogP contribution in [0.1, 0.15) is 36.1 Å². The van der Waals surface area contributed by atoms with Gasteiger partial charge >= 0.3 is 5.97 Å². The van der Waals surface area contributed by atoms with E-state index in [0.717, 1.165) is 28.9 Å². The molecule has 15 heavy (non-hydrogen) atoms. The van der Waals surface area contributed by atoms with Gasteiger partial charge in [-0.05, 0) is 42.4 Å². The van der Waals surface area contributed by atoms with Crippen molar-refractivity contribution in [3.05, 3.63) is 15.2 Å². The molecule has 0 atom stereocenters. The SMILES string of the molecule is CCOC(=O)c1nc2n(c1I)CCCC2. The van der Waals surface area contributed by atoms with Gasteiger partial charge in [-0.1, -0.05) is 0 Å². The van der Waals surface area contributed by atoms with Gasteiger partial charge in [-0.15, -0.1) is 0 Å². The fourth-order valence-electron chi connectivity index (χ4n) is 1.78. The zero-order valence-electron chi connectivity index (χ0n) is 8.62. The number of hydrogen-bond acceptors (Lipinski definition) is 3. The van der Waals surface area contributed by atoms with Crippen molar-refractivity contribution in [2.75, 3.05) is 6.61 Å². The molecular weight excluding hydrogens is 307 g/mol. The predicted octanol–water partition coefficient (Wildman–Crippen LogP) is 2.00. The standard InChI is InChI=1S/C10H13IN2O2/c1-2-15-10(14)8-9(11)13-6-4-3-5-7(13)12-8/h2-6H2,1H3. The molecule has 0 fully saturated rings. The molecule has 0 saturated carbocycles. The predicted molar refractivity (Wildman–Crippen MR) is 63.8 cm³/mol. The van der Waals surface area contributed by atoms with Gasteiger partial charge in [0.1, 0.15) is 9.53 Å². The molecule has 2 rings (SSSR count). The smallest absolute Gasteiger partial charge is 0.359 e. The second-order valence-corrected chi connectivity index (χ2v) is 4.52. The molecule has 1 aliphatic heterocycles. The molecular formula is C10H13IN2O2. The molecule has 2 heterocycles. The Hall–Kier alpha value is -0.590. The normalized spacial score (nSPS) is 14.8. The maximum atomic E-state index is 11.6. The number of imidazole rings is 1. The van der Waals surface area contributed by atoms with Crippen molar-refractivity contribution in [3.63, 3.8) is 0 Å². The van der Waals surface area contributed by atoms with Crippen LogP contribution < -0.4 is 0 Å². The lowest BCUT2D eigenvalue weighted by atomic mass is 10.2. The Morgan fingerprint density at radius 3 is 3.07 bits per heavy atom. The van der Waals surface area contributed by atoms with E-state index in [9.17, 15) is 4.79 Å². The van der Waals surface area contributed by atoms with Gasteiger partial charge in [0.05, 0.1) is 6.61 Å². The molecule has 1 aromatic rings. The summed E-state index contributed by atoms with van der Waals surface area (Å²) in [5, 5.41) is 0. The summed E-state index contributed by atoms with van der Waals surface area (Å²) in [4.78, 5) is 15.9. The third kappa shape index (κ3) is 2.02. The summed E-state index contributed by atoms with van der Waals surface area (Å²) in [5.41, 5.74) is 0.481. The maximum Gasteiger partial charge on any atom is 0.359 e. The van der Waals surface area contributed by atoms with Crippen LogP contribution in [0, 0.1) is 3.70 Å². The van der Waals surface area contributed by atoms with E-state index < -0.39 is 0 Å². The summed E-state index contributed by atoms with van der Waals surface area (Å²) in [6, 6.07) is 0. The fourth-order valence-corrected chi connectivity index (χ4v) is 2.64. The van der Waals surface area contributed by atoms with Crippen LogP contribution >= 0.6 is 22.6 Å². The highest BCUT2D eigenvalue weighted by Gasteiger charge is 2.22. The molecule has 1 aromatic heterocycles. The van der Waals surface area contributed by atoms with Crippen molar-refractivity contribution >= 4 is 28.6 Å². The van der Waals surface area contributed by atoms with Crippen molar-refractivity contribution in [3.8, 4) is 0 Å². The minimum absolute atomic E-state index is 0.302. The monoisotopic (exact) mass is 320 g/mol. The van der Waals surface area contributed by atoms with E-state index in [2.05, 4.69) is 32.1 Å². The van der Waals surface area contributed by atoms with Crippen molar-refractivity contribution < 1.29 is 9.53 Å². The van der Waals surface area contributed by atoms with E-state index >= 15 is 0 Å². The number of rotatable bonds is 2. The van der Waals surface area contributed by atoms with Crippen molar-refractivity contribution in [2.24, 2.45) is 0 Å². The van der Waals surface area contributed by atoms with Gasteiger partial charge in [0.15, 0.2) is 5.69 Å². The van der Waals surface area contributed by atoms with E-state index in [1.54, 1.807) is 6.92 Å². The third-order valence-corrected chi connectivity index (χ3v) is 3.58. The second kappa shape index (κ2) is 4.51. The summed E-state index contributed by atoms with van der Waals surface area (Å²) in [7, 11) is 0. The van der Waals surface area contributed by atoms with Gasteiger partial charge in [-0.2, -0.15) is 0 Å². The number of aromatic nitrogens is 2. The Morgan fingerprint density at radius 2 is 2.40 bits per heavy atom. The number of carbonyl (C=O) groups is 1. The molecule has 0 unspecified atom stereocenters. The van der Waals surface area contributed by atoms with Crippen LogP contribution in [-0.4, -0.2) is 22.1 Å². The van der Waals surface area contributed by atoms with Gasteiger partial charge in [0.2, 0.25) is 0 Å². The average molecular weight is 320 g/mol. The second-order valence-electron chi connectivity index (χ2n) is 3.50. The van der Waals surface area contributed by atoms with Gasteiger partial charge in [0.25, 0.3) is 0 Å². The number of fused-ring (bicyclic) bond motifs is 1. The molecule has 0 saturated heterocycles.